The molecule has 0 aliphatic heterocycles. The molecule has 142 valence electrons. The molecule has 1 aromatic heterocycles. The van der Waals surface area contributed by atoms with Gasteiger partial charge in [-0.05, 0) is 31.2 Å². The van der Waals surface area contributed by atoms with E-state index in [0.717, 1.165) is 0 Å². The molecule has 1 N–H and O–H groups in total. The van der Waals surface area contributed by atoms with Crippen molar-refractivity contribution in [3.05, 3.63) is 90.3 Å². The van der Waals surface area contributed by atoms with Gasteiger partial charge in [-0.15, -0.1) is 0 Å². The number of aromatic nitrogens is 1. The molecule has 0 saturated carbocycles. The van der Waals surface area contributed by atoms with E-state index in [4.69, 9.17) is 9.47 Å². The van der Waals surface area contributed by atoms with Crippen molar-refractivity contribution in [1.29, 1.82) is 0 Å². The van der Waals surface area contributed by atoms with E-state index in [1.54, 1.807) is 42.5 Å². The van der Waals surface area contributed by atoms with Gasteiger partial charge in [0.25, 0.3) is 5.91 Å². The topological polar surface area (TPSA) is 77.5 Å². The summed E-state index contributed by atoms with van der Waals surface area (Å²) in [7, 11) is 0. The van der Waals surface area contributed by atoms with Gasteiger partial charge in [0.1, 0.15) is 5.75 Å². The molecule has 3 aromatic rings. The molecule has 28 heavy (non-hydrogen) atoms. The first-order valence-electron chi connectivity index (χ1n) is 8.87. The number of anilines is 1. The molecule has 3 rings (SSSR count). The minimum atomic E-state index is -1.11. The predicted octanol–water partition coefficient (Wildman–Crippen LogP) is 4.02. The van der Waals surface area contributed by atoms with E-state index in [1.807, 2.05) is 19.1 Å². The van der Waals surface area contributed by atoms with Crippen LogP contribution in [-0.4, -0.2) is 23.5 Å². The van der Waals surface area contributed by atoms with Crippen molar-refractivity contribution in [3.8, 4) is 5.75 Å². The Bertz CT molecular complexity index is 930. The van der Waals surface area contributed by atoms with Crippen molar-refractivity contribution >= 4 is 17.6 Å². The number of esters is 1. The summed E-state index contributed by atoms with van der Waals surface area (Å²) in [5, 5.41) is 2.80. The first kappa shape index (κ1) is 19.1. The summed E-state index contributed by atoms with van der Waals surface area (Å²) in [4.78, 5) is 29.4. The fraction of sp³-hybridized carbons (Fsp3) is 0.136. The molecular formula is C22H20N2O4. The molecule has 0 saturated heterocycles. The molecule has 1 atom stereocenters. The van der Waals surface area contributed by atoms with Crippen LogP contribution in [0.5, 0.6) is 5.75 Å². The van der Waals surface area contributed by atoms with Gasteiger partial charge >= 0.3 is 5.97 Å². The Kier molecular flexibility index (Phi) is 6.36. The highest BCUT2D eigenvalue weighted by atomic mass is 16.5. The third-order valence-electron chi connectivity index (χ3n) is 3.93. The highest BCUT2D eigenvalue weighted by Gasteiger charge is 2.26. The smallest absolute Gasteiger partial charge is 0.339 e. The third kappa shape index (κ3) is 4.73. The van der Waals surface area contributed by atoms with Crippen LogP contribution in [0.1, 0.15) is 28.9 Å². The number of amides is 1. The van der Waals surface area contributed by atoms with Gasteiger partial charge in [-0.25, -0.2) is 4.79 Å². The van der Waals surface area contributed by atoms with Crippen LogP contribution in [0.2, 0.25) is 0 Å². The summed E-state index contributed by atoms with van der Waals surface area (Å²) in [6.45, 7) is 2.33. The van der Waals surface area contributed by atoms with Gasteiger partial charge in [-0.3, -0.25) is 9.78 Å². The monoisotopic (exact) mass is 376 g/mol. The van der Waals surface area contributed by atoms with Crippen LogP contribution in [0.25, 0.3) is 0 Å². The maximum Gasteiger partial charge on any atom is 0.339 e. The Hall–Kier alpha value is -3.67. The van der Waals surface area contributed by atoms with E-state index >= 15 is 0 Å². The first-order valence-corrected chi connectivity index (χ1v) is 8.87. The molecule has 1 amide bonds. The third-order valence-corrected chi connectivity index (χ3v) is 3.93. The van der Waals surface area contributed by atoms with Gasteiger partial charge in [-0.1, -0.05) is 42.5 Å². The van der Waals surface area contributed by atoms with E-state index in [1.165, 1.54) is 24.5 Å². The molecule has 0 unspecified atom stereocenters. The predicted molar refractivity (Wildman–Crippen MR) is 105 cm³/mol. The molecule has 6 heteroatoms. The second kappa shape index (κ2) is 9.32. The summed E-state index contributed by atoms with van der Waals surface area (Å²) in [6, 6.07) is 19.0. The number of nitrogens with one attached hydrogen (secondary N) is 1. The van der Waals surface area contributed by atoms with Crippen molar-refractivity contribution in [3.63, 3.8) is 0 Å². The van der Waals surface area contributed by atoms with E-state index in [-0.39, 0.29) is 0 Å². The Balaban J connectivity index is 1.85. The van der Waals surface area contributed by atoms with Crippen LogP contribution in [0, 0.1) is 0 Å². The van der Waals surface area contributed by atoms with Crippen LogP contribution >= 0.6 is 0 Å². The van der Waals surface area contributed by atoms with Crippen LogP contribution in [-0.2, 0) is 9.53 Å². The van der Waals surface area contributed by atoms with Crippen LogP contribution in [0.4, 0.5) is 5.69 Å². The van der Waals surface area contributed by atoms with E-state index in [0.29, 0.717) is 29.2 Å². The summed E-state index contributed by atoms with van der Waals surface area (Å²) in [5.41, 5.74) is 1.39. The average Bonchev–Trinajstić information content (AvgIpc) is 2.74. The Morgan fingerprint density at radius 1 is 0.964 bits per heavy atom. The van der Waals surface area contributed by atoms with Crippen LogP contribution < -0.4 is 10.1 Å². The maximum absolute atomic E-state index is 13.0. The summed E-state index contributed by atoms with van der Waals surface area (Å²) in [6.07, 6.45) is 1.87. The lowest BCUT2D eigenvalue weighted by atomic mass is 10.1. The van der Waals surface area contributed by atoms with E-state index < -0.39 is 18.0 Å². The van der Waals surface area contributed by atoms with Crippen molar-refractivity contribution in [2.45, 2.75) is 13.0 Å². The maximum atomic E-state index is 13.0. The number of rotatable bonds is 7. The van der Waals surface area contributed by atoms with Crippen LogP contribution in [0.3, 0.4) is 0 Å². The number of nitrogens with zero attached hydrogens (tertiary/aromatic N) is 1. The quantitative estimate of drug-likeness (QED) is 0.630. The lowest BCUT2D eigenvalue weighted by Crippen LogP contribution is -2.26. The largest absolute Gasteiger partial charge is 0.492 e. The second-order valence-electron chi connectivity index (χ2n) is 5.85. The Morgan fingerprint density at radius 2 is 1.64 bits per heavy atom. The molecule has 2 aromatic carbocycles. The number of hydrogen-bond donors (Lipinski definition) is 1. The Labute approximate surface area is 163 Å². The number of benzene rings is 2. The molecule has 1 heterocycles. The number of carbonyl (C=O) groups is 2. The zero-order valence-corrected chi connectivity index (χ0v) is 15.4. The SMILES string of the molecule is CCOc1ccccc1NC(=O)[C@H](OC(=O)c1ccncc1)c1ccccc1. The first-order chi connectivity index (χ1) is 13.7. The Morgan fingerprint density at radius 3 is 2.36 bits per heavy atom. The van der Waals surface area contributed by atoms with Crippen molar-refractivity contribution in [2.24, 2.45) is 0 Å². The minimum Gasteiger partial charge on any atom is -0.492 e. The average molecular weight is 376 g/mol. The van der Waals surface area contributed by atoms with Gasteiger partial charge in [0.05, 0.1) is 17.9 Å². The van der Waals surface area contributed by atoms with Crippen molar-refractivity contribution in [1.82, 2.24) is 4.98 Å². The molecule has 0 spiro atoms. The van der Waals surface area contributed by atoms with E-state index in [2.05, 4.69) is 10.3 Å². The highest BCUT2D eigenvalue weighted by molar-refractivity contribution is 5.98. The molecule has 0 aliphatic rings. The van der Waals surface area contributed by atoms with Crippen LogP contribution in [0.15, 0.2) is 79.1 Å². The zero-order chi connectivity index (χ0) is 19.8. The number of ether oxygens (including phenoxy) is 2. The fourth-order valence-corrected chi connectivity index (χ4v) is 2.61. The van der Waals surface area contributed by atoms with Gasteiger partial charge in [0.2, 0.25) is 6.10 Å². The molecule has 0 radical (unpaired) electrons. The fourth-order valence-electron chi connectivity index (χ4n) is 2.61. The lowest BCUT2D eigenvalue weighted by molar-refractivity contribution is -0.125. The summed E-state index contributed by atoms with van der Waals surface area (Å²) >= 11 is 0. The molecule has 6 nitrogen and oxygen atoms in total. The number of para-hydroxylation sites is 2. The van der Waals surface area contributed by atoms with E-state index in [9.17, 15) is 9.59 Å². The minimum absolute atomic E-state index is 0.318. The van der Waals surface area contributed by atoms with Gasteiger partial charge in [0.15, 0.2) is 0 Å². The summed E-state index contributed by atoms with van der Waals surface area (Å²) in [5.74, 6) is -0.532. The highest BCUT2D eigenvalue weighted by Crippen LogP contribution is 2.27. The van der Waals surface area contributed by atoms with Crippen molar-refractivity contribution in [2.75, 3.05) is 11.9 Å². The zero-order valence-electron chi connectivity index (χ0n) is 15.4. The summed E-state index contributed by atoms with van der Waals surface area (Å²) < 4.78 is 11.1. The molecule has 0 aliphatic carbocycles. The normalized spacial score (nSPS) is 11.3. The number of carbonyl (C=O) groups excluding carboxylic acids is 2. The van der Waals surface area contributed by atoms with Gasteiger partial charge in [0, 0.05) is 18.0 Å². The second-order valence-corrected chi connectivity index (χ2v) is 5.85. The van der Waals surface area contributed by atoms with Crippen molar-refractivity contribution < 1.29 is 19.1 Å². The van der Waals surface area contributed by atoms with Gasteiger partial charge < -0.3 is 14.8 Å². The number of pyridine rings is 1. The van der Waals surface area contributed by atoms with Gasteiger partial charge in [-0.2, -0.15) is 0 Å². The standard InChI is InChI=1S/C22H20N2O4/c1-2-27-19-11-7-6-10-18(19)24-21(25)20(16-8-4-3-5-9-16)28-22(26)17-12-14-23-15-13-17/h3-15,20H,2H2,1H3,(H,24,25)/t20-/m1/s1. The molecule has 0 bridgehead atoms. The molecular weight excluding hydrogens is 356 g/mol. The number of hydrogen-bond acceptors (Lipinski definition) is 5. The lowest BCUT2D eigenvalue weighted by Gasteiger charge is -2.19. The molecule has 0 fully saturated rings.